The summed E-state index contributed by atoms with van der Waals surface area (Å²) in [6.45, 7) is 3.08. The van der Waals surface area contributed by atoms with Crippen LogP contribution in [0.1, 0.15) is 12.6 Å². The Morgan fingerprint density at radius 2 is 2.00 bits per heavy atom. The highest BCUT2D eigenvalue weighted by Gasteiger charge is 2.43. The zero-order valence-corrected chi connectivity index (χ0v) is 20.1. The molecule has 2 aromatic heterocycles. The molecule has 0 saturated carbocycles. The molecule has 1 aliphatic heterocycles. The fraction of sp³-hybridized carbons (Fsp3) is 0.462. The van der Waals surface area contributed by atoms with Crippen LogP contribution in [-0.4, -0.2) is 64.5 Å². The molecule has 2 unspecified atom stereocenters. The third kappa shape index (κ3) is 7.34. The fourth-order valence-electron chi connectivity index (χ4n) is 3.02. The van der Waals surface area contributed by atoms with Crippen molar-refractivity contribution in [3.63, 3.8) is 0 Å². The summed E-state index contributed by atoms with van der Waals surface area (Å²) in [6, 6.07) is 0. The van der Waals surface area contributed by atoms with E-state index in [1.54, 1.807) is 6.08 Å². The largest absolute Gasteiger partial charge is 0.490 e. The number of H-pyrrole nitrogens is 1. The number of anilines is 1. The van der Waals surface area contributed by atoms with E-state index in [0.717, 1.165) is 0 Å². The third-order valence-corrected chi connectivity index (χ3v) is 8.13. The first kappa shape index (κ1) is 27.8. The zero-order valence-electron chi connectivity index (χ0n) is 17.4. The maximum absolute atomic E-state index is 12.3. The third-order valence-electron chi connectivity index (χ3n) is 4.33. The molecule has 35 heavy (non-hydrogen) atoms. The van der Waals surface area contributed by atoms with Crippen LogP contribution in [0.15, 0.2) is 23.8 Å². The van der Waals surface area contributed by atoms with E-state index < -0.39 is 54.1 Å². The van der Waals surface area contributed by atoms with Gasteiger partial charge in [-0.25, -0.2) is 24.6 Å². The van der Waals surface area contributed by atoms with Gasteiger partial charge < -0.3 is 29.6 Å². The molecule has 8 N–H and O–H groups in total. The molecule has 19 nitrogen and oxygen atoms in total. The lowest BCUT2D eigenvalue weighted by atomic mass is 10.2. The van der Waals surface area contributed by atoms with Gasteiger partial charge in [-0.1, -0.05) is 6.08 Å². The summed E-state index contributed by atoms with van der Waals surface area (Å²) >= 11 is 0. The van der Waals surface area contributed by atoms with Gasteiger partial charge in [0.15, 0.2) is 11.2 Å². The van der Waals surface area contributed by atoms with Gasteiger partial charge in [0, 0.05) is 13.0 Å². The quantitative estimate of drug-likeness (QED) is 0.0984. The average Bonchev–Trinajstić information content (AvgIpc) is 3.32. The summed E-state index contributed by atoms with van der Waals surface area (Å²) in [5.74, 6) is 5.40. The number of nitrogens with one attached hydrogen (secondary N) is 2. The van der Waals surface area contributed by atoms with Crippen LogP contribution in [-0.2, 0) is 36.4 Å². The Bertz CT molecular complexity index is 1280. The normalized spacial score (nSPS) is 24.2. The number of hydrogen-bond donors (Lipinski definition) is 7. The smallest absolute Gasteiger partial charge is 0.352 e. The minimum atomic E-state index is -5.68. The van der Waals surface area contributed by atoms with Gasteiger partial charge in [-0.15, -0.1) is 6.58 Å². The molecular formula is C13H21N6O13P3. The molecule has 0 aliphatic carbocycles. The molecule has 1 saturated heterocycles. The Labute approximate surface area is 195 Å². The molecule has 0 aromatic carbocycles. The lowest BCUT2D eigenvalue weighted by molar-refractivity contribution is -0.0600. The van der Waals surface area contributed by atoms with Crippen LogP contribution >= 0.6 is 23.5 Å². The van der Waals surface area contributed by atoms with Gasteiger partial charge in [-0.2, -0.15) is 13.6 Å². The Morgan fingerprint density at radius 1 is 1.29 bits per heavy atom. The van der Waals surface area contributed by atoms with E-state index >= 15 is 0 Å². The van der Waals surface area contributed by atoms with Gasteiger partial charge in [0.05, 0.1) is 12.9 Å². The molecular weight excluding hydrogens is 541 g/mol. The van der Waals surface area contributed by atoms with Crippen molar-refractivity contribution < 1.29 is 56.0 Å². The summed E-state index contributed by atoms with van der Waals surface area (Å²) in [4.78, 5) is 63.8. The topological polar surface area (TPSA) is 280 Å². The van der Waals surface area contributed by atoms with Crippen molar-refractivity contribution in [2.45, 2.75) is 24.9 Å². The molecule has 22 heteroatoms. The molecule has 196 valence electrons. The van der Waals surface area contributed by atoms with Crippen LogP contribution in [0.2, 0.25) is 0 Å². The maximum atomic E-state index is 12.3. The molecule has 0 amide bonds. The number of phosphoric ester groups is 1. The molecule has 2 aromatic rings. The summed E-state index contributed by atoms with van der Waals surface area (Å²) in [5.41, 5.74) is -0.400. The molecule has 0 spiro atoms. The Balaban J connectivity index is 1.73. The summed E-state index contributed by atoms with van der Waals surface area (Å²) in [7, 11) is -16.6. The van der Waals surface area contributed by atoms with E-state index in [1.807, 2.05) is 0 Å². The Kier molecular flexibility index (Phi) is 8.45. The number of aromatic amines is 1. The highest BCUT2D eigenvalue weighted by molar-refractivity contribution is 7.66. The Hall–Kier alpha value is -1.82. The van der Waals surface area contributed by atoms with E-state index in [-0.39, 0.29) is 23.5 Å². The van der Waals surface area contributed by atoms with Crippen molar-refractivity contribution in [2.24, 2.45) is 5.90 Å². The fourth-order valence-corrected chi connectivity index (χ4v) is 6.05. The second kappa shape index (κ2) is 10.7. The lowest BCUT2D eigenvalue weighted by Crippen LogP contribution is -2.31. The Morgan fingerprint density at radius 3 is 2.63 bits per heavy atom. The number of nitrogens with zero attached hydrogens (tertiary/aromatic N) is 3. The van der Waals surface area contributed by atoms with Crippen molar-refractivity contribution in [3.05, 3.63) is 29.3 Å². The number of imidazole rings is 1. The highest BCUT2D eigenvalue weighted by Crippen LogP contribution is 2.66. The number of fused-ring (bicyclic) bond motifs is 1. The number of phosphoric acid groups is 3. The predicted octanol–water partition coefficient (Wildman–Crippen LogP) is -0.393. The number of aromatic nitrogens is 4. The van der Waals surface area contributed by atoms with Crippen molar-refractivity contribution >= 4 is 40.6 Å². The lowest BCUT2D eigenvalue weighted by Gasteiger charge is -2.20. The molecule has 1 aliphatic rings. The van der Waals surface area contributed by atoms with Crippen molar-refractivity contribution in [1.29, 1.82) is 0 Å². The van der Waals surface area contributed by atoms with Crippen LogP contribution in [0, 0.1) is 0 Å². The summed E-state index contributed by atoms with van der Waals surface area (Å²) in [6.07, 6.45) is -0.112. The minimum absolute atomic E-state index is 0.000293. The van der Waals surface area contributed by atoms with E-state index in [2.05, 4.69) is 40.0 Å². The van der Waals surface area contributed by atoms with Gasteiger partial charge in [0.1, 0.15) is 18.4 Å². The predicted molar refractivity (Wildman–Crippen MR) is 114 cm³/mol. The second-order valence-electron chi connectivity index (χ2n) is 6.83. The monoisotopic (exact) mass is 562 g/mol. The van der Waals surface area contributed by atoms with Crippen molar-refractivity contribution in [1.82, 2.24) is 19.5 Å². The van der Waals surface area contributed by atoms with Gasteiger partial charge in [-0.3, -0.25) is 23.7 Å². The summed E-state index contributed by atoms with van der Waals surface area (Å²) < 4.78 is 53.1. The molecule has 1 fully saturated rings. The number of ether oxygens (including phenoxy) is 1. The van der Waals surface area contributed by atoms with Crippen molar-refractivity contribution in [2.75, 3.05) is 18.5 Å². The van der Waals surface area contributed by atoms with Gasteiger partial charge >= 0.3 is 23.5 Å². The number of hydrogen-bond acceptors (Lipinski definition) is 13. The zero-order chi connectivity index (χ0) is 26.0. The first-order chi connectivity index (χ1) is 16.2. The second-order valence-corrected chi connectivity index (χ2v) is 11.3. The van der Waals surface area contributed by atoms with Crippen LogP contribution in [0.5, 0.6) is 0 Å². The first-order valence-corrected chi connectivity index (χ1v) is 13.9. The van der Waals surface area contributed by atoms with Crippen LogP contribution in [0.3, 0.4) is 0 Å². The maximum Gasteiger partial charge on any atom is 0.490 e. The van der Waals surface area contributed by atoms with Crippen LogP contribution in [0.4, 0.5) is 5.95 Å². The van der Waals surface area contributed by atoms with Gasteiger partial charge in [0.2, 0.25) is 5.95 Å². The SMILES string of the molecule is C=CCNc1nc2c(ncn2[C@H]2C[C@@H](ON)[C@@H](COP(=O)(O)OP(=O)(O)OP(=O)(O)O)O2)c(=O)[nH]1. The first-order valence-electron chi connectivity index (χ1n) is 9.34. The van der Waals surface area contributed by atoms with Crippen molar-refractivity contribution in [3.8, 4) is 0 Å². The molecule has 3 rings (SSSR count). The van der Waals surface area contributed by atoms with E-state index in [9.17, 15) is 28.3 Å². The number of nitrogens with two attached hydrogens (primary N) is 1. The number of rotatable bonds is 12. The molecule has 3 heterocycles. The standard InChI is InChI=1S/C13H21N6O13P3/c1-2-3-15-13-17-11-10(12(20)18-13)16-6-19(11)9-4-7(30-14)8(29-9)5-28-34(24,25)32-35(26,27)31-33(21,22)23/h2,6-9H,1,3-5,14H2,(H,24,25)(H,26,27)(H2,21,22,23)(H2,15,17,18,20)/t7-,8-,9-/m1/s1. The van der Waals surface area contributed by atoms with E-state index in [4.69, 9.17) is 25.3 Å². The molecule has 0 radical (unpaired) electrons. The molecule has 5 atom stereocenters. The van der Waals surface area contributed by atoms with Crippen LogP contribution < -0.4 is 16.8 Å². The highest BCUT2D eigenvalue weighted by atomic mass is 31.3. The van der Waals surface area contributed by atoms with E-state index in [1.165, 1.54) is 10.9 Å². The minimum Gasteiger partial charge on any atom is -0.352 e. The van der Waals surface area contributed by atoms with Crippen LogP contribution in [0.25, 0.3) is 11.2 Å². The van der Waals surface area contributed by atoms with Gasteiger partial charge in [-0.05, 0) is 0 Å². The van der Waals surface area contributed by atoms with Gasteiger partial charge in [0.25, 0.3) is 5.56 Å². The summed E-state index contributed by atoms with van der Waals surface area (Å²) in [5, 5.41) is 2.83. The van der Waals surface area contributed by atoms with E-state index in [0.29, 0.717) is 6.54 Å². The average molecular weight is 562 g/mol. The molecule has 0 bridgehead atoms.